The summed E-state index contributed by atoms with van der Waals surface area (Å²) in [4.78, 5) is 4.32. The fourth-order valence-electron chi connectivity index (χ4n) is 1.51. The number of nitrogens with zero attached hydrogens (tertiary/aromatic N) is 1. The van der Waals surface area contributed by atoms with Crippen LogP contribution in [0.1, 0.15) is 5.69 Å². The highest BCUT2D eigenvalue weighted by atomic mass is 16.3. The summed E-state index contributed by atoms with van der Waals surface area (Å²) in [6.45, 7) is 0.544. The molecule has 15 heavy (non-hydrogen) atoms. The van der Waals surface area contributed by atoms with Crippen molar-refractivity contribution in [3.63, 3.8) is 0 Å². The van der Waals surface area contributed by atoms with Gasteiger partial charge in [-0.2, -0.15) is 0 Å². The quantitative estimate of drug-likeness (QED) is 0.641. The SMILES string of the molecule is NCCc1ccc2c(O)c(O)ccc2n1. The lowest BCUT2D eigenvalue weighted by Crippen LogP contribution is -2.04. The molecule has 0 aliphatic rings. The van der Waals surface area contributed by atoms with Crippen molar-refractivity contribution in [2.24, 2.45) is 5.73 Å². The molecule has 0 spiro atoms. The average molecular weight is 204 g/mol. The summed E-state index contributed by atoms with van der Waals surface area (Å²) in [6, 6.07) is 6.64. The highest BCUT2D eigenvalue weighted by molar-refractivity contribution is 5.87. The first-order valence-electron chi connectivity index (χ1n) is 4.73. The number of rotatable bonds is 2. The first-order valence-corrected chi connectivity index (χ1v) is 4.73. The first-order chi connectivity index (χ1) is 7.22. The van der Waals surface area contributed by atoms with Gasteiger partial charge in [0.25, 0.3) is 0 Å². The number of phenolic OH excluding ortho intramolecular Hbond substituents is 2. The largest absolute Gasteiger partial charge is 0.504 e. The van der Waals surface area contributed by atoms with Crippen LogP contribution in [0.3, 0.4) is 0 Å². The summed E-state index contributed by atoms with van der Waals surface area (Å²) in [7, 11) is 0. The number of fused-ring (bicyclic) bond motifs is 1. The van der Waals surface area contributed by atoms with Crippen LogP contribution < -0.4 is 5.73 Å². The second-order valence-electron chi connectivity index (χ2n) is 3.34. The minimum absolute atomic E-state index is 0.126. The minimum atomic E-state index is -0.129. The van der Waals surface area contributed by atoms with Crippen LogP contribution in [-0.4, -0.2) is 21.7 Å². The standard InChI is InChI=1S/C11H12N2O2/c12-6-5-7-1-2-8-9(13-7)3-4-10(14)11(8)15/h1-4,14-15H,5-6,12H2. The van der Waals surface area contributed by atoms with E-state index in [0.717, 1.165) is 5.69 Å². The van der Waals surface area contributed by atoms with Gasteiger partial charge in [0.05, 0.1) is 5.52 Å². The van der Waals surface area contributed by atoms with Crippen molar-refractivity contribution in [2.45, 2.75) is 6.42 Å². The maximum absolute atomic E-state index is 9.56. The molecule has 2 aromatic rings. The summed E-state index contributed by atoms with van der Waals surface area (Å²) in [5.41, 5.74) is 6.98. The van der Waals surface area contributed by atoms with Crippen molar-refractivity contribution in [3.8, 4) is 11.5 Å². The van der Waals surface area contributed by atoms with E-state index in [9.17, 15) is 10.2 Å². The van der Waals surface area contributed by atoms with Gasteiger partial charge in [0.15, 0.2) is 11.5 Å². The third-order valence-electron chi connectivity index (χ3n) is 2.28. The normalized spacial score (nSPS) is 10.7. The summed E-state index contributed by atoms with van der Waals surface area (Å²) in [6.07, 6.45) is 0.706. The van der Waals surface area contributed by atoms with Gasteiger partial charge in [0.1, 0.15) is 0 Å². The zero-order valence-electron chi connectivity index (χ0n) is 8.14. The third-order valence-corrected chi connectivity index (χ3v) is 2.28. The van der Waals surface area contributed by atoms with Gasteiger partial charge in [-0.05, 0) is 30.8 Å². The second kappa shape index (κ2) is 3.74. The summed E-state index contributed by atoms with van der Waals surface area (Å²) in [5.74, 6) is -0.254. The molecule has 4 N–H and O–H groups in total. The molecule has 0 saturated heterocycles. The zero-order chi connectivity index (χ0) is 10.8. The predicted molar refractivity (Wildman–Crippen MR) is 57.8 cm³/mol. The molecule has 78 valence electrons. The average Bonchev–Trinajstić information content (AvgIpc) is 2.24. The minimum Gasteiger partial charge on any atom is -0.504 e. The van der Waals surface area contributed by atoms with Gasteiger partial charge in [-0.1, -0.05) is 0 Å². The fraction of sp³-hybridized carbons (Fsp3) is 0.182. The van der Waals surface area contributed by atoms with Gasteiger partial charge in [-0.3, -0.25) is 4.98 Å². The van der Waals surface area contributed by atoms with E-state index >= 15 is 0 Å². The lowest BCUT2D eigenvalue weighted by molar-refractivity contribution is 0.408. The second-order valence-corrected chi connectivity index (χ2v) is 3.34. The van der Waals surface area contributed by atoms with E-state index in [1.807, 2.05) is 0 Å². The van der Waals surface area contributed by atoms with E-state index in [-0.39, 0.29) is 11.5 Å². The van der Waals surface area contributed by atoms with Gasteiger partial charge in [0, 0.05) is 17.5 Å². The molecule has 1 heterocycles. The van der Waals surface area contributed by atoms with Crippen LogP contribution in [0.25, 0.3) is 10.9 Å². The molecule has 1 aromatic heterocycles. The Morgan fingerprint density at radius 1 is 1.13 bits per heavy atom. The van der Waals surface area contributed by atoms with Crippen molar-refractivity contribution in [1.82, 2.24) is 4.98 Å². The molecule has 0 aliphatic carbocycles. The Kier molecular flexibility index (Phi) is 2.43. The molecule has 1 aromatic carbocycles. The molecule has 0 fully saturated rings. The molecule has 2 rings (SSSR count). The Balaban J connectivity index is 2.59. The van der Waals surface area contributed by atoms with Crippen LogP contribution >= 0.6 is 0 Å². The van der Waals surface area contributed by atoms with Crippen molar-refractivity contribution >= 4 is 10.9 Å². The van der Waals surface area contributed by atoms with Crippen LogP contribution in [0.4, 0.5) is 0 Å². The van der Waals surface area contributed by atoms with Crippen molar-refractivity contribution < 1.29 is 10.2 Å². The molecule has 0 unspecified atom stereocenters. The molecule has 4 heteroatoms. The molecule has 0 radical (unpaired) electrons. The lowest BCUT2D eigenvalue weighted by Gasteiger charge is -2.04. The maximum atomic E-state index is 9.56. The Morgan fingerprint density at radius 3 is 2.67 bits per heavy atom. The van der Waals surface area contributed by atoms with E-state index in [1.165, 1.54) is 6.07 Å². The van der Waals surface area contributed by atoms with Crippen LogP contribution in [0.15, 0.2) is 24.3 Å². The molecule has 0 bridgehead atoms. The number of hydrogen-bond donors (Lipinski definition) is 3. The molecule has 0 atom stereocenters. The van der Waals surface area contributed by atoms with Gasteiger partial charge in [0.2, 0.25) is 0 Å². The molecule has 0 amide bonds. The van der Waals surface area contributed by atoms with Gasteiger partial charge in [-0.15, -0.1) is 0 Å². The fourth-order valence-corrected chi connectivity index (χ4v) is 1.51. The third kappa shape index (κ3) is 1.71. The Hall–Kier alpha value is -1.81. The number of phenols is 2. The maximum Gasteiger partial charge on any atom is 0.167 e. The highest BCUT2D eigenvalue weighted by Crippen LogP contribution is 2.32. The number of nitrogens with two attached hydrogens (primary N) is 1. The van der Waals surface area contributed by atoms with E-state index in [4.69, 9.17) is 5.73 Å². The zero-order valence-corrected chi connectivity index (χ0v) is 8.14. The van der Waals surface area contributed by atoms with E-state index in [2.05, 4.69) is 4.98 Å². The topological polar surface area (TPSA) is 79.4 Å². The molecule has 0 aliphatic heterocycles. The lowest BCUT2D eigenvalue weighted by atomic mass is 10.1. The van der Waals surface area contributed by atoms with E-state index < -0.39 is 0 Å². The van der Waals surface area contributed by atoms with Crippen LogP contribution in [0.5, 0.6) is 11.5 Å². The van der Waals surface area contributed by atoms with Gasteiger partial charge < -0.3 is 15.9 Å². The number of benzene rings is 1. The predicted octanol–water partition coefficient (Wildman–Crippen LogP) is 1.15. The van der Waals surface area contributed by atoms with Crippen molar-refractivity contribution in [3.05, 3.63) is 30.0 Å². The Labute approximate surface area is 87.0 Å². The first kappa shape index (κ1) is 9.73. The monoisotopic (exact) mass is 204 g/mol. The molecular formula is C11H12N2O2. The van der Waals surface area contributed by atoms with E-state index in [0.29, 0.717) is 23.9 Å². The molecular weight excluding hydrogens is 192 g/mol. The highest BCUT2D eigenvalue weighted by Gasteiger charge is 2.06. The molecule has 4 nitrogen and oxygen atoms in total. The number of pyridine rings is 1. The summed E-state index contributed by atoms with van der Waals surface area (Å²) >= 11 is 0. The smallest absolute Gasteiger partial charge is 0.167 e. The summed E-state index contributed by atoms with van der Waals surface area (Å²) in [5, 5.41) is 19.4. The van der Waals surface area contributed by atoms with Crippen molar-refractivity contribution in [2.75, 3.05) is 6.54 Å². The van der Waals surface area contributed by atoms with Crippen molar-refractivity contribution in [1.29, 1.82) is 0 Å². The Morgan fingerprint density at radius 2 is 1.93 bits per heavy atom. The van der Waals surface area contributed by atoms with Crippen LogP contribution in [-0.2, 0) is 6.42 Å². The number of hydrogen-bond acceptors (Lipinski definition) is 4. The van der Waals surface area contributed by atoms with E-state index in [1.54, 1.807) is 18.2 Å². The van der Waals surface area contributed by atoms with Crippen LogP contribution in [0, 0.1) is 0 Å². The Bertz CT molecular complexity index is 497. The summed E-state index contributed by atoms with van der Waals surface area (Å²) < 4.78 is 0. The number of aromatic hydroxyl groups is 2. The van der Waals surface area contributed by atoms with Gasteiger partial charge >= 0.3 is 0 Å². The van der Waals surface area contributed by atoms with Gasteiger partial charge in [-0.25, -0.2) is 0 Å². The van der Waals surface area contributed by atoms with Crippen LogP contribution in [0.2, 0.25) is 0 Å². The number of aromatic nitrogens is 1. The molecule has 0 saturated carbocycles.